The monoisotopic (exact) mass is 326 g/mol. The molecule has 1 aromatic heterocycles. The summed E-state index contributed by atoms with van der Waals surface area (Å²) in [5.74, 6) is -0.00933. The molecule has 1 fully saturated rings. The second-order valence-corrected chi connectivity index (χ2v) is 7.34. The number of nitrogens with zero attached hydrogens (tertiary/aromatic N) is 3. The van der Waals surface area contributed by atoms with E-state index in [1.54, 1.807) is 0 Å². The zero-order chi connectivity index (χ0) is 16.3. The summed E-state index contributed by atoms with van der Waals surface area (Å²) < 4.78 is 0. The van der Waals surface area contributed by atoms with Crippen molar-refractivity contribution in [2.45, 2.75) is 39.8 Å². The average Bonchev–Trinajstić information content (AvgIpc) is 2.71. The number of nitrogens with one attached hydrogen (secondary N) is 1. The van der Waals surface area contributed by atoms with E-state index < -0.39 is 0 Å². The van der Waals surface area contributed by atoms with Crippen LogP contribution in [0.25, 0.3) is 0 Å². The number of rotatable bonds is 5. The van der Waals surface area contributed by atoms with Gasteiger partial charge in [0.1, 0.15) is 0 Å². The number of piperazine rings is 1. The lowest BCUT2D eigenvalue weighted by atomic mass is 10.1. The highest BCUT2D eigenvalue weighted by Gasteiger charge is 2.25. The molecular weight excluding hydrogens is 300 g/mol. The molecule has 1 aliphatic rings. The molecule has 7 heteroatoms. The molecule has 1 aliphatic heterocycles. The molecular formula is C15H26N4O2S. The number of amides is 1. The van der Waals surface area contributed by atoms with Crippen LogP contribution in [0, 0.1) is 13.8 Å². The molecule has 0 spiro atoms. The smallest absolute Gasteiger partial charge is 0.240 e. The highest BCUT2D eigenvalue weighted by atomic mass is 32.1. The molecule has 1 amide bonds. The highest BCUT2D eigenvalue weighted by Crippen LogP contribution is 2.21. The second kappa shape index (κ2) is 7.50. The van der Waals surface area contributed by atoms with Crippen LogP contribution < -0.4 is 5.32 Å². The fraction of sp³-hybridized carbons (Fsp3) is 0.733. The van der Waals surface area contributed by atoms with Gasteiger partial charge >= 0.3 is 0 Å². The third-order valence-corrected chi connectivity index (χ3v) is 4.98. The summed E-state index contributed by atoms with van der Waals surface area (Å²) in [6.45, 7) is 11.6. The van der Waals surface area contributed by atoms with E-state index in [0.29, 0.717) is 24.3 Å². The Morgan fingerprint density at radius 2 is 2.23 bits per heavy atom. The number of carbonyl (C=O) groups is 1. The predicted octanol–water partition coefficient (Wildman–Crippen LogP) is 1.09. The number of thiazole rings is 1. The van der Waals surface area contributed by atoms with Crippen LogP contribution in [0.3, 0.4) is 0 Å². The Hall–Kier alpha value is -1.02. The molecule has 0 unspecified atom stereocenters. The first-order valence-corrected chi connectivity index (χ1v) is 8.55. The van der Waals surface area contributed by atoms with Crippen LogP contribution in [0.4, 0.5) is 5.13 Å². The van der Waals surface area contributed by atoms with E-state index in [1.807, 2.05) is 20.8 Å². The third-order valence-electron chi connectivity index (χ3n) is 3.99. The van der Waals surface area contributed by atoms with E-state index in [1.165, 1.54) is 11.3 Å². The summed E-state index contributed by atoms with van der Waals surface area (Å²) in [5.41, 5.74) is 0.973. The lowest BCUT2D eigenvalue weighted by molar-refractivity contribution is -0.118. The fourth-order valence-corrected chi connectivity index (χ4v) is 3.54. The van der Waals surface area contributed by atoms with Crippen molar-refractivity contribution in [1.82, 2.24) is 14.8 Å². The van der Waals surface area contributed by atoms with Gasteiger partial charge in [-0.2, -0.15) is 0 Å². The van der Waals surface area contributed by atoms with Gasteiger partial charge in [-0.05, 0) is 27.7 Å². The number of β-amino-alcohol motifs (C(OH)–C–C–N with tert-alkyl or cyclic N) is 1. The Labute approximate surface area is 136 Å². The number of aliphatic hydroxyl groups excluding tert-OH is 1. The van der Waals surface area contributed by atoms with Crippen LogP contribution in [-0.2, 0) is 4.79 Å². The molecule has 0 aromatic carbocycles. The van der Waals surface area contributed by atoms with Crippen molar-refractivity contribution in [3.05, 3.63) is 10.6 Å². The molecule has 124 valence electrons. The van der Waals surface area contributed by atoms with Crippen LogP contribution in [0.15, 0.2) is 0 Å². The van der Waals surface area contributed by atoms with Crippen LogP contribution in [0.2, 0.25) is 0 Å². The molecule has 1 aromatic rings. The van der Waals surface area contributed by atoms with Gasteiger partial charge in [0.2, 0.25) is 5.91 Å². The Bertz CT molecular complexity index is 498. The summed E-state index contributed by atoms with van der Waals surface area (Å²) in [6.07, 6.45) is -0.311. The maximum absolute atomic E-state index is 12.1. The zero-order valence-electron chi connectivity index (χ0n) is 13.8. The van der Waals surface area contributed by atoms with E-state index in [2.05, 4.69) is 27.0 Å². The normalized spacial score (nSPS) is 21.8. The van der Waals surface area contributed by atoms with Crippen molar-refractivity contribution in [1.29, 1.82) is 0 Å². The minimum absolute atomic E-state index is 0.00933. The third kappa shape index (κ3) is 4.74. The summed E-state index contributed by atoms with van der Waals surface area (Å²) in [7, 11) is 0. The van der Waals surface area contributed by atoms with Gasteiger partial charge in [0, 0.05) is 37.1 Å². The van der Waals surface area contributed by atoms with E-state index in [0.717, 1.165) is 30.2 Å². The molecule has 1 saturated heterocycles. The average molecular weight is 326 g/mol. The van der Waals surface area contributed by atoms with Gasteiger partial charge in [-0.15, -0.1) is 11.3 Å². The van der Waals surface area contributed by atoms with E-state index >= 15 is 0 Å². The quantitative estimate of drug-likeness (QED) is 0.848. The van der Waals surface area contributed by atoms with Gasteiger partial charge < -0.3 is 10.4 Å². The molecule has 2 N–H and O–H groups in total. The number of aryl methyl sites for hydroxylation is 2. The molecule has 22 heavy (non-hydrogen) atoms. The largest absolute Gasteiger partial charge is 0.392 e. The molecule has 0 bridgehead atoms. The van der Waals surface area contributed by atoms with Crippen LogP contribution >= 0.6 is 11.3 Å². The Morgan fingerprint density at radius 3 is 2.77 bits per heavy atom. The lowest BCUT2D eigenvalue weighted by Gasteiger charge is -2.40. The standard InChI is InChI=1S/C15H26N4O2S/c1-10-7-18(5-6-19(10)8-11(2)20)9-14(21)17-15-16-12(3)13(4)22-15/h10-11,20H,5-9H2,1-4H3,(H,16,17,21)/t10-,11-/m1/s1. The number of carbonyl (C=O) groups excluding carboxylic acids is 1. The molecule has 0 saturated carbocycles. The molecule has 6 nitrogen and oxygen atoms in total. The maximum atomic E-state index is 12.1. The summed E-state index contributed by atoms with van der Waals surface area (Å²) in [6, 6.07) is 0.348. The number of aliphatic hydroxyl groups is 1. The number of hydrogen-bond donors (Lipinski definition) is 2. The predicted molar refractivity (Wildman–Crippen MR) is 89.4 cm³/mol. The molecule has 0 aliphatic carbocycles. The van der Waals surface area contributed by atoms with Gasteiger partial charge in [0.25, 0.3) is 0 Å². The van der Waals surface area contributed by atoms with Crippen LogP contribution in [-0.4, -0.2) is 70.7 Å². The Kier molecular flexibility index (Phi) is 5.91. The molecule has 2 atom stereocenters. The van der Waals surface area contributed by atoms with Gasteiger partial charge in [-0.1, -0.05) is 0 Å². The number of hydrogen-bond acceptors (Lipinski definition) is 6. The van der Waals surface area contributed by atoms with Crippen molar-refractivity contribution in [2.75, 3.05) is 38.0 Å². The Balaban J connectivity index is 1.80. The van der Waals surface area contributed by atoms with Crippen molar-refractivity contribution in [3.8, 4) is 0 Å². The van der Waals surface area contributed by atoms with Gasteiger partial charge in [0.15, 0.2) is 5.13 Å². The highest BCUT2D eigenvalue weighted by molar-refractivity contribution is 7.15. The van der Waals surface area contributed by atoms with Crippen LogP contribution in [0.5, 0.6) is 0 Å². The fourth-order valence-electron chi connectivity index (χ4n) is 2.71. The maximum Gasteiger partial charge on any atom is 0.240 e. The first-order chi connectivity index (χ1) is 10.3. The second-order valence-electron chi connectivity index (χ2n) is 6.14. The van der Waals surface area contributed by atoms with E-state index in [-0.39, 0.29) is 12.0 Å². The number of aromatic nitrogens is 1. The van der Waals surface area contributed by atoms with Crippen molar-refractivity contribution < 1.29 is 9.90 Å². The van der Waals surface area contributed by atoms with Crippen molar-refractivity contribution in [2.24, 2.45) is 0 Å². The topological polar surface area (TPSA) is 68.7 Å². The summed E-state index contributed by atoms with van der Waals surface area (Å²) in [5, 5.41) is 13.1. The van der Waals surface area contributed by atoms with Crippen molar-refractivity contribution in [3.63, 3.8) is 0 Å². The minimum Gasteiger partial charge on any atom is -0.392 e. The van der Waals surface area contributed by atoms with Gasteiger partial charge in [-0.3, -0.25) is 14.6 Å². The van der Waals surface area contributed by atoms with E-state index in [4.69, 9.17) is 0 Å². The van der Waals surface area contributed by atoms with E-state index in [9.17, 15) is 9.90 Å². The zero-order valence-corrected chi connectivity index (χ0v) is 14.6. The lowest BCUT2D eigenvalue weighted by Crippen LogP contribution is -2.54. The first kappa shape index (κ1) is 17.3. The summed E-state index contributed by atoms with van der Waals surface area (Å²) in [4.78, 5) is 22.0. The summed E-state index contributed by atoms with van der Waals surface area (Å²) >= 11 is 1.51. The van der Waals surface area contributed by atoms with Gasteiger partial charge in [-0.25, -0.2) is 4.98 Å². The molecule has 2 rings (SSSR count). The minimum atomic E-state index is -0.311. The van der Waals surface area contributed by atoms with Crippen molar-refractivity contribution >= 4 is 22.4 Å². The van der Waals surface area contributed by atoms with Gasteiger partial charge in [0.05, 0.1) is 18.3 Å². The Morgan fingerprint density at radius 1 is 1.50 bits per heavy atom. The number of anilines is 1. The molecule has 2 heterocycles. The first-order valence-electron chi connectivity index (χ1n) is 7.73. The SMILES string of the molecule is Cc1nc(NC(=O)CN2CCN(C[C@@H](C)O)[C@H](C)C2)sc1C. The molecule has 0 radical (unpaired) electrons. The van der Waals surface area contributed by atoms with Crippen LogP contribution in [0.1, 0.15) is 24.4 Å².